The quantitative estimate of drug-likeness (QED) is 0.139. The maximum absolute atomic E-state index is 14.9. The minimum Gasteiger partial charge on any atom is -0.346 e. The van der Waals surface area contributed by atoms with Crippen LogP contribution < -0.4 is 21.3 Å². The Bertz CT molecular complexity index is 1920. The first-order valence-electron chi connectivity index (χ1n) is 19.9. The van der Waals surface area contributed by atoms with Gasteiger partial charge in [-0.1, -0.05) is 90.8 Å². The van der Waals surface area contributed by atoms with Gasteiger partial charge in [0, 0.05) is 38.9 Å². The Morgan fingerprint density at radius 1 is 1.02 bits per heavy atom. The molecule has 3 aliphatic rings. The molecule has 1 unspecified atom stereocenters. The van der Waals surface area contributed by atoms with E-state index in [9.17, 15) is 32.4 Å². The molecule has 5 rings (SSSR count). The molecule has 2 aromatic rings. The number of likely N-dealkylation sites (N-methyl/N-ethyl adjacent to an activating group) is 1. The van der Waals surface area contributed by atoms with Crippen LogP contribution in [-0.2, 0) is 42.0 Å². The molecular formula is C42H59N7O7S. The van der Waals surface area contributed by atoms with Crippen LogP contribution in [0.5, 0.6) is 0 Å². The number of hydrogen-bond acceptors (Lipinski definition) is 8. The van der Waals surface area contributed by atoms with E-state index in [1.54, 1.807) is 17.0 Å². The molecule has 1 saturated heterocycles. The highest BCUT2D eigenvalue weighted by molar-refractivity contribution is 7.89. The molecule has 4 N–H and O–H groups in total. The Morgan fingerprint density at radius 2 is 1.67 bits per heavy atom. The van der Waals surface area contributed by atoms with Crippen LogP contribution in [0, 0.1) is 28.6 Å². The van der Waals surface area contributed by atoms with E-state index < -0.39 is 69.1 Å². The van der Waals surface area contributed by atoms with Crippen LogP contribution in [0.1, 0.15) is 71.9 Å². The Balaban J connectivity index is 1.40. The monoisotopic (exact) mass is 805 g/mol. The Hall–Kier alpha value is -4.63. The van der Waals surface area contributed by atoms with Crippen molar-refractivity contribution < 1.29 is 32.4 Å². The number of urea groups is 1. The summed E-state index contributed by atoms with van der Waals surface area (Å²) in [5, 5.41) is 11.2. The molecule has 2 heterocycles. The Morgan fingerprint density at radius 3 is 2.25 bits per heavy atom. The molecule has 0 radical (unpaired) electrons. The second-order valence-corrected chi connectivity index (χ2v) is 19.4. The lowest BCUT2D eigenvalue weighted by Crippen LogP contribution is -2.61. The van der Waals surface area contributed by atoms with E-state index in [1.165, 1.54) is 25.4 Å². The average Bonchev–Trinajstić information content (AvgIpc) is 3.52. The predicted molar refractivity (Wildman–Crippen MR) is 216 cm³/mol. The molecule has 0 spiro atoms. The van der Waals surface area contributed by atoms with Gasteiger partial charge < -0.3 is 26.2 Å². The highest BCUT2D eigenvalue weighted by atomic mass is 32.2. The van der Waals surface area contributed by atoms with Crippen LogP contribution in [0.25, 0.3) is 0 Å². The molecule has 14 nitrogen and oxygen atoms in total. The molecule has 1 aromatic heterocycles. The second kappa shape index (κ2) is 17.5. The highest BCUT2D eigenvalue weighted by Crippen LogP contribution is 2.65. The molecule has 1 aromatic carbocycles. The third-order valence-electron chi connectivity index (χ3n) is 12.1. The number of Topliss-reactive ketones (excluding diaryl/α,β-unsaturated/α-hetero) is 1. The number of aromatic nitrogens is 1. The number of piperidine rings is 1. The van der Waals surface area contributed by atoms with Crippen molar-refractivity contribution in [3.63, 3.8) is 0 Å². The highest BCUT2D eigenvalue weighted by Gasteiger charge is 2.70. The molecule has 57 heavy (non-hydrogen) atoms. The number of carbonyl (C=O) groups excluding carboxylic acids is 5. The van der Waals surface area contributed by atoms with Crippen molar-refractivity contribution in [3.8, 4) is 0 Å². The van der Waals surface area contributed by atoms with Gasteiger partial charge in [0.1, 0.15) is 12.1 Å². The van der Waals surface area contributed by atoms with E-state index in [4.69, 9.17) is 0 Å². The van der Waals surface area contributed by atoms with Crippen molar-refractivity contribution in [3.05, 3.63) is 72.4 Å². The average molecular weight is 806 g/mol. The van der Waals surface area contributed by atoms with Gasteiger partial charge in [-0.25, -0.2) is 18.2 Å². The Kier molecular flexibility index (Phi) is 13.3. The number of ketones is 1. The molecule has 5 amide bonds. The summed E-state index contributed by atoms with van der Waals surface area (Å²) in [6.07, 6.45) is 5.52. The first-order chi connectivity index (χ1) is 26.8. The summed E-state index contributed by atoms with van der Waals surface area (Å²) in [6, 6.07) is 8.16. The van der Waals surface area contributed by atoms with Gasteiger partial charge in [-0.15, -0.1) is 6.58 Å². The van der Waals surface area contributed by atoms with E-state index in [1.807, 2.05) is 52.0 Å². The number of carbonyl (C=O) groups is 5. The fourth-order valence-electron chi connectivity index (χ4n) is 8.44. The van der Waals surface area contributed by atoms with Gasteiger partial charge in [-0.05, 0) is 71.1 Å². The lowest BCUT2D eigenvalue weighted by molar-refractivity contribution is -0.144. The largest absolute Gasteiger partial charge is 0.346 e. The molecule has 6 atom stereocenters. The minimum absolute atomic E-state index is 0.0231. The third kappa shape index (κ3) is 9.57. The van der Waals surface area contributed by atoms with E-state index in [0.717, 1.165) is 21.9 Å². The maximum atomic E-state index is 14.9. The van der Waals surface area contributed by atoms with Crippen LogP contribution in [0.15, 0.2) is 66.3 Å². The Labute approximate surface area is 337 Å². The summed E-state index contributed by atoms with van der Waals surface area (Å²) in [5.41, 5.74) is 1.30. The summed E-state index contributed by atoms with van der Waals surface area (Å²) >= 11 is 0. The number of fused-ring (bicyclic) bond motifs is 2. The minimum atomic E-state index is -3.97. The number of sulfonamides is 1. The first kappa shape index (κ1) is 43.5. The van der Waals surface area contributed by atoms with E-state index in [2.05, 4.69) is 46.7 Å². The number of likely N-dealkylation sites (tertiary alicyclic amines) is 1. The van der Waals surface area contributed by atoms with Crippen LogP contribution in [0.3, 0.4) is 0 Å². The van der Waals surface area contributed by atoms with E-state index in [-0.39, 0.29) is 47.7 Å². The van der Waals surface area contributed by atoms with Crippen molar-refractivity contribution in [1.82, 2.24) is 35.5 Å². The molecule has 1 aliphatic heterocycles. The second-order valence-electron chi connectivity index (χ2n) is 17.4. The SMILES string of the molecule is C=CCNC(=O)C(=O)C(CCCC)NC(=O)[C@@H]1[C@@H]2[C@H](CN1C(=O)[C@@H](NC(=O)N[C@H](CN(C)S(=O)(=O)c1ccccn1)C(C)(C)C)C1Cc3ccccc3C1)C2(C)C. The number of nitrogens with zero attached hydrogens (tertiary/aromatic N) is 3. The number of pyridine rings is 1. The summed E-state index contributed by atoms with van der Waals surface area (Å²) in [7, 11) is -2.54. The smallest absolute Gasteiger partial charge is 0.315 e. The van der Waals surface area contributed by atoms with Crippen molar-refractivity contribution >= 4 is 39.6 Å². The maximum Gasteiger partial charge on any atom is 0.315 e. The van der Waals surface area contributed by atoms with Crippen molar-refractivity contribution in [2.45, 2.75) is 103 Å². The summed E-state index contributed by atoms with van der Waals surface area (Å²) in [5.74, 6) is -2.98. The van der Waals surface area contributed by atoms with Gasteiger partial charge >= 0.3 is 6.03 Å². The zero-order chi connectivity index (χ0) is 41.9. The van der Waals surface area contributed by atoms with Gasteiger partial charge in [0.25, 0.3) is 15.9 Å². The lowest BCUT2D eigenvalue weighted by atomic mass is 9.86. The number of amides is 5. The summed E-state index contributed by atoms with van der Waals surface area (Å²) in [6.45, 7) is 15.6. The van der Waals surface area contributed by atoms with Crippen molar-refractivity contribution in [1.29, 1.82) is 0 Å². The number of rotatable bonds is 17. The molecule has 310 valence electrons. The van der Waals surface area contributed by atoms with Gasteiger partial charge in [-0.3, -0.25) is 19.2 Å². The molecule has 0 bridgehead atoms. The molecule has 2 fully saturated rings. The van der Waals surface area contributed by atoms with Crippen LogP contribution >= 0.6 is 0 Å². The fourth-order valence-corrected chi connectivity index (χ4v) is 9.55. The van der Waals surface area contributed by atoms with Crippen LogP contribution in [0.2, 0.25) is 0 Å². The summed E-state index contributed by atoms with van der Waals surface area (Å²) < 4.78 is 27.9. The summed E-state index contributed by atoms with van der Waals surface area (Å²) in [4.78, 5) is 74.9. The van der Waals surface area contributed by atoms with Gasteiger partial charge in [-0.2, -0.15) is 4.31 Å². The van der Waals surface area contributed by atoms with Crippen molar-refractivity contribution in [2.75, 3.05) is 26.7 Å². The van der Waals surface area contributed by atoms with Crippen LogP contribution in [0.4, 0.5) is 4.79 Å². The molecule has 15 heteroatoms. The number of hydrogen-bond donors (Lipinski definition) is 4. The predicted octanol–water partition coefficient (Wildman–Crippen LogP) is 3.23. The normalized spacial score (nSPS) is 21.4. The topological polar surface area (TPSA) is 187 Å². The number of unbranched alkanes of at least 4 members (excludes halogenated alkanes) is 1. The van der Waals surface area contributed by atoms with Crippen LogP contribution in [-0.4, -0.2) is 103 Å². The zero-order valence-electron chi connectivity index (χ0n) is 34.2. The van der Waals surface area contributed by atoms with Crippen molar-refractivity contribution in [2.24, 2.45) is 28.6 Å². The van der Waals surface area contributed by atoms with Gasteiger partial charge in [0.05, 0.1) is 6.04 Å². The van der Waals surface area contributed by atoms with Gasteiger partial charge in [0.2, 0.25) is 17.6 Å². The fraction of sp³-hybridized carbons (Fsp3) is 0.571. The number of nitrogens with one attached hydrogen (secondary N) is 4. The third-order valence-corrected chi connectivity index (χ3v) is 13.8. The molecule has 1 saturated carbocycles. The standard InChI is InChI=1S/C42H59N7O7S/c1-9-11-18-30(36(50)38(52)44-20-10-2)45-37(51)35-33-29(42(33,6)7)24-49(35)39(53)34(28-22-26-16-12-13-17-27(26)23-28)47-40(54)46-31(41(3,4)5)25-48(8)57(55,56)32-19-14-15-21-43-32/h10,12-17,19,21,28-31,33-35H,2,9,11,18,20,22-25H2,1,3-8H3,(H,44,52)(H,45,51)(H2,46,47,54)/t29-,30?,31+,33-,34-,35-/m0/s1. The van der Waals surface area contributed by atoms with E-state index in [0.29, 0.717) is 25.8 Å². The molecular weight excluding hydrogens is 747 g/mol. The number of benzene rings is 1. The molecule has 2 aliphatic carbocycles. The lowest BCUT2D eigenvalue weighted by Gasteiger charge is -2.37. The zero-order valence-corrected chi connectivity index (χ0v) is 35.0. The van der Waals surface area contributed by atoms with E-state index >= 15 is 0 Å². The van der Waals surface area contributed by atoms with Gasteiger partial charge in [0.15, 0.2) is 5.03 Å². The first-order valence-corrected chi connectivity index (χ1v) is 21.3.